The maximum absolute atomic E-state index is 4.83. The number of aromatic nitrogens is 2. The first-order valence-electron chi connectivity index (χ1n) is 7.28. The van der Waals surface area contributed by atoms with Crippen LogP contribution < -0.4 is 10.2 Å². The summed E-state index contributed by atoms with van der Waals surface area (Å²) in [5.41, 5.74) is 1.28. The van der Waals surface area contributed by atoms with E-state index in [0.717, 1.165) is 43.5 Å². The summed E-state index contributed by atoms with van der Waals surface area (Å²) < 4.78 is 2.21. The molecule has 1 aliphatic rings. The van der Waals surface area contributed by atoms with Crippen molar-refractivity contribution in [1.82, 2.24) is 19.6 Å². The lowest BCUT2D eigenvalue weighted by Gasteiger charge is -2.37. The number of nitrogens with one attached hydrogen (secondary N) is 1. The Balaban J connectivity index is 1.83. The zero-order chi connectivity index (χ0) is 14.1. The molecule has 0 bridgehead atoms. The van der Waals surface area contributed by atoms with Gasteiger partial charge in [-0.05, 0) is 20.9 Å². The summed E-state index contributed by atoms with van der Waals surface area (Å²) in [7, 11) is 1.99. The topological polar surface area (TPSA) is 35.8 Å². The minimum Gasteiger partial charge on any atom is -0.352 e. The van der Waals surface area contributed by atoms with Crippen molar-refractivity contribution < 1.29 is 0 Å². The van der Waals surface area contributed by atoms with E-state index in [1.165, 1.54) is 5.69 Å². The zero-order valence-electron chi connectivity index (χ0n) is 12.5. The number of hydrogen-bond donors (Lipinski definition) is 1. The van der Waals surface area contributed by atoms with E-state index in [0.29, 0.717) is 6.04 Å². The lowest BCUT2D eigenvalue weighted by atomic mass is 10.2. The first-order chi connectivity index (χ1) is 9.70. The summed E-state index contributed by atoms with van der Waals surface area (Å²) in [4.78, 5) is 10.9. The van der Waals surface area contributed by atoms with E-state index in [1.54, 1.807) is 11.3 Å². The van der Waals surface area contributed by atoms with Gasteiger partial charge in [0.05, 0.1) is 5.69 Å². The molecule has 1 aliphatic heterocycles. The molecule has 1 saturated heterocycles. The van der Waals surface area contributed by atoms with Gasteiger partial charge < -0.3 is 10.2 Å². The summed E-state index contributed by atoms with van der Waals surface area (Å²) >= 11 is 1.70. The Labute approximate surface area is 124 Å². The normalized spacial score (nSPS) is 17.5. The molecule has 0 unspecified atom stereocenters. The third-order valence-electron chi connectivity index (χ3n) is 4.03. The lowest BCUT2D eigenvalue weighted by molar-refractivity contribution is 0.209. The van der Waals surface area contributed by atoms with Crippen molar-refractivity contribution in [2.45, 2.75) is 26.4 Å². The first-order valence-corrected chi connectivity index (χ1v) is 8.16. The number of fused-ring (bicyclic) bond motifs is 1. The molecule has 0 atom stereocenters. The summed E-state index contributed by atoms with van der Waals surface area (Å²) in [6, 6.07) is 0.638. The van der Waals surface area contributed by atoms with Crippen LogP contribution in [0.1, 0.15) is 19.5 Å². The highest BCUT2D eigenvalue weighted by Gasteiger charge is 2.23. The second kappa shape index (κ2) is 5.71. The van der Waals surface area contributed by atoms with Crippen LogP contribution >= 0.6 is 11.3 Å². The molecule has 20 heavy (non-hydrogen) atoms. The molecule has 0 saturated carbocycles. The Hall–Kier alpha value is -1.11. The molecule has 2 aromatic heterocycles. The monoisotopic (exact) mass is 293 g/mol. The first kappa shape index (κ1) is 13.9. The molecule has 0 spiro atoms. The molecule has 0 radical (unpaired) electrons. The SMILES string of the molecule is CNCc1c(N2CCN(C(C)C)CC2)nc2sccn12. The molecule has 0 aromatic carbocycles. The number of imidazole rings is 1. The summed E-state index contributed by atoms with van der Waals surface area (Å²) in [5.74, 6) is 1.16. The molecule has 0 amide bonds. The van der Waals surface area contributed by atoms with Gasteiger partial charge in [-0.15, -0.1) is 11.3 Å². The minimum absolute atomic E-state index is 0.638. The molecular formula is C14H23N5S. The third-order valence-corrected chi connectivity index (χ3v) is 4.78. The maximum atomic E-state index is 4.83. The zero-order valence-corrected chi connectivity index (χ0v) is 13.3. The van der Waals surface area contributed by atoms with E-state index in [9.17, 15) is 0 Å². The average molecular weight is 293 g/mol. The van der Waals surface area contributed by atoms with Gasteiger partial charge in [0.15, 0.2) is 10.8 Å². The average Bonchev–Trinajstić information content (AvgIpc) is 3.02. The van der Waals surface area contributed by atoms with Gasteiger partial charge in [-0.3, -0.25) is 9.30 Å². The highest BCUT2D eigenvalue weighted by molar-refractivity contribution is 7.15. The number of anilines is 1. The smallest absolute Gasteiger partial charge is 0.195 e. The Morgan fingerprint density at radius 1 is 1.30 bits per heavy atom. The quantitative estimate of drug-likeness (QED) is 0.930. The van der Waals surface area contributed by atoms with Gasteiger partial charge in [0.2, 0.25) is 0 Å². The summed E-state index contributed by atoms with van der Waals surface area (Å²) in [5, 5.41) is 5.36. The Kier molecular flexibility index (Phi) is 3.96. The largest absolute Gasteiger partial charge is 0.352 e. The standard InChI is InChI=1S/C14H23N5S/c1-11(2)17-4-6-18(7-5-17)13-12(10-15-3)19-8-9-20-14(19)16-13/h8-9,11,15H,4-7,10H2,1-3H3. The molecule has 3 rings (SSSR count). The van der Waals surface area contributed by atoms with E-state index in [4.69, 9.17) is 4.98 Å². The molecule has 3 heterocycles. The third kappa shape index (κ3) is 2.43. The molecule has 6 heteroatoms. The Morgan fingerprint density at radius 2 is 2.05 bits per heavy atom. The predicted molar refractivity (Wildman–Crippen MR) is 84.8 cm³/mol. The van der Waals surface area contributed by atoms with Crippen molar-refractivity contribution in [3.8, 4) is 0 Å². The number of piperazine rings is 1. The van der Waals surface area contributed by atoms with E-state index in [1.807, 2.05) is 7.05 Å². The number of rotatable bonds is 4. The molecule has 0 aliphatic carbocycles. The number of nitrogens with zero attached hydrogens (tertiary/aromatic N) is 4. The van der Waals surface area contributed by atoms with Crippen LogP contribution in [0, 0.1) is 0 Å². The minimum atomic E-state index is 0.638. The molecule has 110 valence electrons. The van der Waals surface area contributed by atoms with E-state index >= 15 is 0 Å². The fourth-order valence-electron chi connectivity index (χ4n) is 2.86. The second-order valence-corrected chi connectivity index (χ2v) is 6.46. The summed E-state index contributed by atoms with van der Waals surface area (Å²) in [6.45, 7) is 9.80. The summed E-state index contributed by atoms with van der Waals surface area (Å²) in [6.07, 6.45) is 2.12. The molecule has 2 aromatic rings. The fraction of sp³-hybridized carbons (Fsp3) is 0.643. The van der Waals surface area contributed by atoms with Crippen LogP contribution in [0.15, 0.2) is 11.6 Å². The fourth-order valence-corrected chi connectivity index (χ4v) is 3.58. The molecule has 5 nitrogen and oxygen atoms in total. The van der Waals surface area contributed by atoms with Crippen LogP contribution in [0.3, 0.4) is 0 Å². The molecule has 1 fully saturated rings. The Bertz CT molecular complexity index is 565. The Morgan fingerprint density at radius 3 is 2.70 bits per heavy atom. The number of thiazole rings is 1. The van der Waals surface area contributed by atoms with Gasteiger partial charge in [-0.1, -0.05) is 0 Å². The van der Waals surface area contributed by atoms with E-state index in [2.05, 4.69) is 44.9 Å². The van der Waals surface area contributed by atoms with Crippen LogP contribution in [0.2, 0.25) is 0 Å². The van der Waals surface area contributed by atoms with Crippen molar-refractivity contribution in [3.63, 3.8) is 0 Å². The highest BCUT2D eigenvalue weighted by Crippen LogP contribution is 2.25. The second-order valence-electron chi connectivity index (χ2n) is 5.58. The molecule has 1 N–H and O–H groups in total. The van der Waals surface area contributed by atoms with Crippen molar-refractivity contribution >= 4 is 22.1 Å². The van der Waals surface area contributed by atoms with Crippen molar-refractivity contribution in [1.29, 1.82) is 0 Å². The van der Waals surface area contributed by atoms with Crippen molar-refractivity contribution in [2.75, 3.05) is 38.1 Å². The van der Waals surface area contributed by atoms with Crippen molar-refractivity contribution in [3.05, 3.63) is 17.3 Å². The van der Waals surface area contributed by atoms with Crippen LogP contribution in [0.5, 0.6) is 0 Å². The van der Waals surface area contributed by atoms with Gasteiger partial charge in [-0.2, -0.15) is 0 Å². The van der Waals surface area contributed by atoms with Crippen LogP contribution in [-0.2, 0) is 6.54 Å². The number of hydrogen-bond acceptors (Lipinski definition) is 5. The maximum Gasteiger partial charge on any atom is 0.195 e. The van der Waals surface area contributed by atoms with Gasteiger partial charge >= 0.3 is 0 Å². The molecular weight excluding hydrogens is 270 g/mol. The van der Waals surface area contributed by atoms with Crippen LogP contribution in [0.4, 0.5) is 5.82 Å². The van der Waals surface area contributed by atoms with Crippen LogP contribution in [0.25, 0.3) is 4.96 Å². The highest BCUT2D eigenvalue weighted by atomic mass is 32.1. The van der Waals surface area contributed by atoms with Gasteiger partial charge in [0.1, 0.15) is 0 Å². The van der Waals surface area contributed by atoms with E-state index in [-0.39, 0.29) is 0 Å². The predicted octanol–water partition coefficient (Wildman–Crippen LogP) is 1.65. The van der Waals surface area contributed by atoms with E-state index < -0.39 is 0 Å². The van der Waals surface area contributed by atoms with Crippen molar-refractivity contribution in [2.24, 2.45) is 0 Å². The van der Waals surface area contributed by atoms with Crippen LogP contribution in [-0.4, -0.2) is 53.6 Å². The van der Waals surface area contributed by atoms with Gasteiger partial charge in [0.25, 0.3) is 0 Å². The van der Waals surface area contributed by atoms with Gasteiger partial charge in [-0.25, -0.2) is 4.98 Å². The lowest BCUT2D eigenvalue weighted by Crippen LogP contribution is -2.49. The van der Waals surface area contributed by atoms with Gasteiger partial charge in [0, 0.05) is 50.3 Å².